The second kappa shape index (κ2) is 8.35. The van der Waals surface area contributed by atoms with E-state index in [0.29, 0.717) is 11.4 Å². The summed E-state index contributed by atoms with van der Waals surface area (Å²) in [4.78, 5) is 30.7. The fourth-order valence-electron chi connectivity index (χ4n) is 2.87. The van der Waals surface area contributed by atoms with Crippen LogP contribution in [-0.4, -0.2) is 35.3 Å². The molecular formula is C22H23N3O2S. The second-order valence-electron chi connectivity index (χ2n) is 6.93. The normalized spacial score (nSPS) is 10.6. The van der Waals surface area contributed by atoms with E-state index in [9.17, 15) is 9.59 Å². The lowest BCUT2D eigenvalue weighted by Gasteiger charge is -2.15. The van der Waals surface area contributed by atoms with Crippen molar-refractivity contribution in [2.75, 3.05) is 18.9 Å². The van der Waals surface area contributed by atoms with Gasteiger partial charge >= 0.3 is 0 Å². The van der Waals surface area contributed by atoms with Crippen LogP contribution in [0.4, 0.5) is 5.69 Å². The molecule has 0 radical (unpaired) electrons. The van der Waals surface area contributed by atoms with Crippen LogP contribution < -0.4 is 5.32 Å². The molecule has 0 aliphatic rings. The maximum Gasteiger partial charge on any atom is 0.273 e. The van der Waals surface area contributed by atoms with E-state index in [-0.39, 0.29) is 18.4 Å². The van der Waals surface area contributed by atoms with Gasteiger partial charge in [-0.3, -0.25) is 9.59 Å². The van der Waals surface area contributed by atoms with Crippen molar-refractivity contribution in [3.8, 4) is 10.6 Å². The van der Waals surface area contributed by atoms with Gasteiger partial charge in [-0.05, 0) is 38.5 Å². The molecule has 3 rings (SSSR count). The lowest BCUT2D eigenvalue weighted by molar-refractivity contribution is -0.116. The number of likely N-dealkylation sites (N-methyl/N-ethyl adjacent to an activating group) is 1. The lowest BCUT2D eigenvalue weighted by Crippen LogP contribution is -2.35. The molecule has 1 N–H and O–H groups in total. The van der Waals surface area contributed by atoms with Gasteiger partial charge in [0, 0.05) is 23.7 Å². The highest BCUT2D eigenvalue weighted by Gasteiger charge is 2.19. The van der Waals surface area contributed by atoms with Crippen LogP contribution in [0.1, 0.15) is 27.2 Å². The van der Waals surface area contributed by atoms with E-state index in [1.54, 1.807) is 12.4 Å². The molecule has 5 nitrogen and oxygen atoms in total. The Morgan fingerprint density at radius 2 is 1.71 bits per heavy atom. The van der Waals surface area contributed by atoms with Crippen molar-refractivity contribution >= 4 is 28.8 Å². The Bertz CT molecular complexity index is 1010. The van der Waals surface area contributed by atoms with Crippen LogP contribution >= 0.6 is 11.3 Å². The summed E-state index contributed by atoms with van der Waals surface area (Å²) in [5.74, 6) is -0.518. The van der Waals surface area contributed by atoms with Gasteiger partial charge in [0.1, 0.15) is 10.7 Å². The van der Waals surface area contributed by atoms with Gasteiger partial charge in [-0.25, -0.2) is 4.98 Å². The molecule has 0 fully saturated rings. The van der Waals surface area contributed by atoms with Gasteiger partial charge in [-0.2, -0.15) is 0 Å². The van der Waals surface area contributed by atoms with E-state index in [1.165, 1.54) is 21.8 Å². The molecule has 0 bridgehead atoms. The maximum atomic E-state index is 12.7. The highest BCUT2D eigenvalue weighted by atomic mass is 32.1. The highest BCUT2D eigenvalue weighted by molar-refractivity contribution is 7.13. The van der Waals surface area contributed by atoms with Gasteiger partial charge in [0.05, 0.1) is 6.54 Å². The zero-order chi connectivity index (χ0) is 20.3. The Labute approximate surface area is 169 Å². The number of anilines is 1. The number of rotatable bonds is 5. The van der Waals surface area contributed by atoms with Crippen molar-refractivity contribution in [1.82, 2.24) is 9.88 Å². The quantitative estimate of drug-likeness (QED) is 0.697. The molecule has 2 aromatic carbocycles. The van der Waals surface area contributed by atoms with Crippen LogP contribution in [0.5, 0.6) is 0 Å². The number of carbonyl (C=O) groups excluding carboxylic acids is 2. The number of hydrogen-bond donors (Lipinski definition) is 1. The molecule has 0 atom stereocenters. The number of amides is 2. The summed E-state index contributed by atoms with van der Waals surface area (Å²) >= 11 is 1.43. The van der Waals surface area contributed by atoms with Crippen molar-refractivity contribution in [2.24, 2.45) is 0 Å². The molecule has 2 amide bonds. The number of benzene rings is 2. The van der Waals surface area contributed by atoms with Crippen molar-refractivity contribution in [3.05, 3.63) is 70.2 Å². The Balaban J connectivity index is 1.65. The van der Waals surface area contributed by atoms with Crippen LogP contribution in [0.3, 0.4) is 0 Å². The molecule has 0 saturated heterocycles. The third kappa shape index (κ3) is 4.64. The van der Waals surface area contributed by atoms with Crippen LogP contribution in [0.25, 0.3) is 10.6 Å². The van der Waals surface area contributed by atoms with Crippen LogP contribution in [-0.2, 0) is 4.79 Å². The molecule has 144 valence electrons. The summed E-state index contributed by atoms with van der Waals surface area (Å²) in [6.45, 7) is 6.03. The first-order chi connectivity index (χ1) is 13.3. The van der Waals surface area contributed by atoms with E-state index in [1.807, 2.05) is 57.2 Å². The van der Waals surface area contributed by atoms with Gasteiger partial charge in [0.25, 0.3) is 5.91 Å². The minimum Gasteiger partial charge on any atom is -0.331 e. The fourth-order valence-corrected chi connectivity index (χ4v) is 3.75. The average Bonchev–Trinajstić information content (AvgIpc) is 3.12. The van der Waals surface area contributed by atoms with Crippen molar-refractivity contribution in [3.63, 3.8) is 0 Å². The minimum atomic E-state index is -0.272. The Morgan fingerprint density at radius 1 is 1.04 bits per heavy atom. The Hall–Kier alpha value is -2.99. The van der Waals surface area contributed by atoms with E-state index in [0.717, 1.165) is 21.7 Å². The summed E-state index contributed by atoms with van der Waals surface area (Å²) in [5.41, 5.74) is 5.52. The molecule has 0 aliphatic heterocycles. The first-order valence-electron chi connectivity index (χ1n) is 8.98. The monoisotopic (exact) mass is 393 g/mol. The van der Waals surface area contributed by atoms with Crippen LogP contribution in [0, 0.1) is 20.8 Å². The molecule has 3 aromatic rings. The highest BCUT2D eigenvalue weighted by Crippen LogP contribution is 2.27. The lowest BCUT2D eigenvalue weighted by atomic mass is 10.1. The smallest absolute Gasteiger partial charge is 0.273 e. The number of nitrogens with zero attached hydrogens (tertiary/aromatic N) is 2. The number of nitrogens with one attached hydrogen (secondary N) is 1. The van der Waals surface area contributed by atoms with E-state index in [4.69, 9.17) is 0 Å². The summed E-state index contributed by atoms with van der Waals surface area (Å²) in [5, 5.41) is 5.34. The summed E-state index contributed by atoms with van der Waals surface area (Å²) in [6, 6.07) is 13.7. The average molecular weight is 394 g/mol. The summed E-state index contributed by atoms with van der Waals surface area (Å²) in [6.07, 6.45) is 0. The van der Waals surface area contributed by atoms with E-state index < -0.39 is 0 Å². The second-order valence-corrected chi connectivity index (χ2v) is 7.79. The van der Waals surface area contributed by atoms with Gasteiger partial charge < -0.3 is 10.2 Å². The van der Waals surface area contributed by atoms with Gasteiger partial charge in [0.15, 0.2) is 0 Å². The molecule has 1 aromatic heterocycles. The van der Waals surface area contributed by atoms with Gasteiger partial charge in [-0.15, -0.1) is 11.3 Å². The largest absolute Gasteiger partial charge is 0.331 e. The maximum absolute atomic E-state index is 12.7. The van der Waals surface area contributed by atoms with E-state index >= 15 is 0 Å². The standard InChI is InChI=1S/C22H23N3O2S/c1-14-5-8-17(9-6-14)23-20(26)12-25(4)22(27)19-13-28-21(24-19)18-10-7-15(2)11-16(18)3/h5-11,13H,12H2,1-4H3,(H,23,26). The topological polar surface area (TPSA) is 62.3 Å². The first kappa shape index (κ1) is 19.8. The number of aryl methyl sites for hydroxylation is 3. The molecular weight excluding hydrogens is 370 g/mol. The number of thiazole rings is 1. The number of aromatic nitrogens is 1. The summed E-state index contributed by atoms with van der Waals surface area (Å²) < 4.78 is 0. The van der Waals surface area contributed by atoms with Crippen molar-refractivity contribution in [1.29, 1.82) is 0 Å². The number of carbonyl (C=O) groups is 2. The molecule has 0 spiro atoms. The molecule has 6 heteroatoms. The Morgan fingerprint density at radius 3 is 2.39 bits per heavy atom. The predicted octanol–water partition coefficient (Wildman–Crippen LogP) is 4.45. The van der Waals surface area contributed by atoms with E-state index in [2.05, 4.69) is 16.4 Å². The van der Waals surface area contributed by atoms with Gasteiger partial charge in [0.2, 0.25) is 5.91 Å². The van der Waals surface area contributed by atoms with Gasteiger partial charge in [-0.1, -0.05) is 41.5 Å². The molecule has 1 heterocycles. The van der Waals surface area contributed by atoms with Crippen LogP contribution in [0.15, 0.2) is 47.8 Å². The zero-order valence-corrected chi connectivity index (χ0v) is 17.3. The van der Waals surface area contributed by atoms with Crippen LogP contribution in [0.2, 0.25) is 0 Å². The van der Waals surface area contributed by atoms with Crippen molar-refractivity contribution in [2.45, 2.75) is 20.8 Å². The molecule has 0 aliphatic carbocycles. The zero-order valence-electron chi connectivity index (χ0n) is 16.4. The third-order valence-corrected chi connectivity index (χ3v) is 5.27. The SMILES string of the molecule is Cc1ccc(NC(=O)CN(C)C(=O)c2csc(-c3ccc(C)cc3C)n2)cc1. The minimum absolute atomic E-state index is 0.0386. The fraction of sp³-hybridized carbons (Fsp3) is 0.227. The number of hydrogen-bond acceptors (Lipinski definition) is 4. The molecule has 28 heavy (non-hydrogen) atoms. The molecule has 0 unspecified atom stereocenters. The third-order valence-electron chi connectivity index (χ3n) is 4.40. The Kier molecular flexibility index (Phi) is 5.90. The van der Waals surface area contributed by atoms with Crippen molar-refractivity contribution < 1.29 is 9.59 Å². The summed E-state index contributed by atoms with van der Waals surface area (Å²) in [7, 11) is 1.60. The first-order valence-corrected chi connectivity index (χ1v) is 9.86. The molecule has 0 saturated carbocycles. The predicted molar refractivity (Wildman–Crippen MR) is 114 cm³/mol.